The minimum Gasteiger partial charge on any atom is -0.339 e. The van der Waals surface area contributed by atoms with Gasteiger partial charge in [0.2, 0.25) is 5.91 Å². The molecule has 0 spiro atoms. The largest absolute Gasteiger partial charge is 0.393 e. The molecule has 0 bridgehead atoms. The van der Waals surface area contributed by atoms with Gasteiger partial charge in [0.15, 0.2) is 0 Å². The highest BCUT2D eigenvalue weighted by Gasteiger charge is 2.42. The Balaban J connectivity index is 2.03. The van der Waals surface area contributed by atoms with E-state index in [1.165, 1.54) is 17.1 Å². The zero-order chi connectivity index (χ0) is 16.3. The van der Waals surface area contributed by atoms with Crippen LogP contribution in [-0.4, -0.2) is 30.1 Å². The minimum atomic E-state index is -4.26. The van der Waals surface area contributed by atoms with Crippen LogP contribution in [0.3, 0.4) is 0 Å². The molecule has 0 saturated carbocycles. The molecule has 1 aliphatic rings. The number of alkyl halides is 3. The molecular formula is C15H14Cl2F3NO. The molecule has 0 N–H and O–H groups in total. The Bertz CT molecular complexity index is 566. The SMILES string of the molecule is O=C(/C=C/c1cc(Cl)cc(Cl)c1)N1CCC[C@@H](C(F)(F)F)C1. The molecule has 0 aliphatic carbocycles. The summed E-state index contributed by atoms with van der Waals surface area (Å²) in [6.07, 6.45) is -1.09. The van der Waals surface area contributed by atoms with E-state index in [-0.39, 0.29) is 13.0 Å². The van der Waals surface area contributed by atoms with Crippen molar-refractivity contribution in [3.63, 3.8) is 0 Å². The molecule has 120 valence electrons. The molecule has 1 heterocycles. The summed E-state index contributed by atoms with van der Waals surface area (Å²) in [5.41, 5.74) is 0.621. The van der Waals surface area contributed by atoms with Gasteiger partial charge in [-0.3, -0.25) is 4.79 Å². The number of nitrogens with zero attached hydrogens (tertiary/aromatic N) is 1. The molecule has 1 aliphatic heterocycles. The molecule has 0 radical (unpaired) electrons. The van der Waals surface area contributed by atoms with Crippen molar-refractivity contribution in [3.05, 3.63) is 39.9 Å². The first-order valence-electron chi connectivity index (χ1n) is 6.75. The Morgan fingerprint density at radius 3 is 2.45 bits per heavy atom. The van der Waals surface area contributed by atoms with E-state index in [4.69, 9.17) is 23.2 Å². The third-order valence-corrected chi connectivity index (χ3v) is 3.94. The van der Waals surface area contributed by atoms with Crippen LogP contribution in [-0.2, 0) is 4.79 Å². The Labute approximate surface area is 136 Å². The lowest BCUT2D eigenvalue weighted by molar-refractivity contribution is -0.187. The molecule has 0 unspecified atom stereocenters. The normalized spacial score (nSPS) is 19.7. The van der Waals surface area contributed by atoms with Crippen molar-refractivity contribution in [2.24, 2.45) is 5.92 Å². The first-order chi connectivity index (χ1) is 10.3. The van der Waals surface area contributed by atoms with Gasteiger partial charge in [-0.1, -0.05) is 23.2 Å². The van der Waals surface area contributed by atoms with Gasteiger partial charge in [0.1, 0.15) is 0 Å². The number of likely N-dealkylation sites (tertiary alicyclic amines) is 1. The summed E-state index contributed by atoms with van der Waals surface area (Å²) < 4.78 is 38.2. The molecule has 7 heteroatoms. The van der Waals surface area contributed by atoms with Crippen LogP contribution in [0.1, 0.15) is 18.4 Å². The first kappa shape index (κ1) is 17.2. The average Bonchev–Trinajstić information content (AvgIpc) is 2.43. The van der Waals surface area contributed by atoms with Crippen LogP contribution in [0.15, 0.2) is 24.3 Å². The van der Waals surface area contributed by atoms with E-state index in [0.717, 1.165) is 0 Å². The van der Waals surface area contributed by atoms with Crippen molar-refractivity contribution in [1.82, 2.24) is 4.90 Å². The van der Waals surface area contributed by atoms with Crippen LogP contribution >= 0.6 is 23.2 Å². The number of carbonyl (C=O) groups excluding carboxylic acids is 1. The van der Waals surface area contributed by atoms with Crippen LogP contribution in [0.4, 0.5) is 13.2 Å². The summed E-state index contributed by atoms with van der Waals surface area (Å²) in [6, 6.07) is 4.79. The molecule has 0 aromatic heterocycles. The van der Waals surface area contributed by atoms with E-state index in [2.05, 4.69) is 0 Å². The molecule has 2 nitrogen and oxygen atoms in total. The maximum absolute atomic E-state index is 12.7. The summed E-state index contributed by atoms with van der Waals surface area (Å²) in [5.74, 6) is -1.88. The van der Waals surface area contributed by atoms with E-state index in [1.807, 2.05) is 0 Å². The van der Waals surface area contributed by atoms with Gasteiger partial charge < -0.3 is 4.90 Å². The van der Waals surface area contributed by atoms with Crippen molar-refractivity contribution in [2.75, 3.05) is 13.1 Å². The molecule has 1 atom stereocenters. The predicted octanol–water partition coefficient (Wildman–Crippen LogP) is 4.81. The number of piperidine rings is 1. The van der Waals surface area contributed by atoms with Crippen molar-refractivity contribution in [1.29, 1.82) is 0 Å². The van der Waals surface area contributed by atoms with Crippen molar-refractivity contribution in [2.45, 2.75) is 19.0 Å². The topological polar surface area (TPSA) is 20.3 Å². The number of amides is 1. The second-order valence-electron chi connectivity index (χ2n) is 5.20. The van der Waals surface area contributed by atoms with E-state index >= 15 is 0 Å². The fourth-order valence-electron chi connectivity index (χ4n) is 2.39. The third-order valence-electron chi connectivity index (χ3n) is 3.50. The number of hydrogen-bond donors (Lipinski definition) is 0. The molecule has 1 aromatic carbocycles. The molecule has 1 fully saturated rings. The second-order valence-corrected chi connectivity index (χ2v) is 6.07. The van der Waals surface area contributed by atoms with E-state index in [1.54, 1.807) is 18.2 Å². The van der Waals surface area contributed by atoms with Crippen molar-refractivity contribution >= 4 is 35.2 Å². The standard InChI is InChI=1S/C15H14Cl2F3NO/c16-12-6-10(7-13(17)8-12)3-4-14(22)21-5-1-2-11(9-21)15(18,19)20/h3-4,6-8,11H,1-2,5,9H2/b4-3+/t11-/m1/s1. The van der Waals surface area contributed by atoms with Gasteiger partial charge in [0, 0.05) is 29.2 Å². The Hall–Kier alpha value is -1.20. The molecule has 1 amide bonds. The fourth-order valence-corrected chi connectivity index (χ4v) is 2.93. The first-order valence-corrected chi connectivity index (χ1v) is 7.51. The number of benzene rings is 1. The van der Waals surface area contributed by atoms with E-state index in [9.17, 15) is 18.0 Å². The van der Waals surface area contributed by atoms with Crippen molar-refractivity contribution in [3.8, 4) is 0 Å². The van der Waals surface area contributed by atoms with Crippen LogP contribution < -0.4 is 0 Å². The predicted molar refractivity (Wildman–Crippen MR) is 80.9 cm³/mol. The zero-order valence-corrected chi connectivity index (χ0v) is 13.0. The second kappa shape index (κ2) is 6.92. The molecule has 1 saturated heterocycles. The summed E-state index contributed by atoms with van der Waals surface area (Å²) in [6.45, 7) is 0.0506. The Morgan fingerprint density at radius 1 is 1.23 bits per heavy atom. The lowest BCUT2D eigenvalue weighted by Gasteiger charge is -2.33. The minimum absolute atomic E-state index is 0.0703. The van der Waals surface area contributed by atoms with Gasteiger partial charge in [-0.05, 0) is 42.7 Å². The summed E-state index contributed by atoms with van der Waals surface area (Å²) in [7, 11) is 0. The van der Waals surface area contributed by atoms with Crippen LogP contribution in [0.25, 0.3) is 6.08 Å². The number of carbonyl (C=O) groups is 1. The summed E-state index contributed by atoms with van der Waals surface area (Å²) in [5, 5.41) is 0.851. The molecule has 1 aromatic rings. The smallest absolute Gasteiger partial charge is 0.339 e. The van der Waals surface area contributed by atoms with E-state index in [0.29, 0.717) is 28.6 Å². The van der Waals surface area contributed by atoms with Gasteiger partial charge in [-0.15, -0.1) is 0 Å². The molecule has 2 rings (SSSR count). The highest BCUT2D eigenvalue weighted by Crippen LogP contribution is 2.33. The maximum atomic E-state index is 12.7. The van der Waals surface area contributed by atoms with Gasteiger partial charge in [-0.25, -0.2) is 0 Å². The lowest BCUT2D eigenvalue weighted by atomic mass is 9.97. The van der Waals surface area contributed by atoms with Gasteiger partial charge in [-0.2, -0.15) is 13.2 Å². The number of halogens is 5. The van der Waals surface area contributed by atoms with Gasteiger partial charge in [0.25, 0.3) is 0 Å². The fraction of sp³-hybridized carbons (Fsp3) is 0.400. The van der Waals surface area contributed by atoms with Crippen LogP contribution in [0.2, 0.25) is 10.0 Å². The van der Waals surface area contributed by atoms with Gasteiger partial charge in [0.05, 0.1) is 5.92 Å². The molecule has 22 heavy (non-hydrogen) atoms. The van der Waals surface area contributed by atoms with Crippen LogP contribution in [0, 0.1) is 5.92 Å². The monoisotopic (exact) mass is 351 g/mol. The third kappa shape index (κ3) is 4.65. The number of hydrogen-bond acceptors (Lipinski definition) is 1. The highest BCUT2D eigenvalue weighted by atomic mass is 35.5. The Kier molecular flexibility index (Phi) is 5.40. The zero-order valence-electron chi connectivity index (χ0n) is 11.5. The molecular weight excluding hydrogens is 338 g/mol. The summed E-state index contributed by atoms with van der Waals surface area (Å²) in [4.78, 5) is 13.2. The van der Waals surface area contributed by atoms with Gasteiger partial charge >= 0.3 is 6.18 Å². The quantitative estimate of drug-likeness (QED) is 0.700. The lowest BCUT2D eigenvalue weighted by Crippen LogP contribution is -2.44. The highest BCUT2D eigenvalue weighted by molar-refractivity contribution is 6.34. The Morgan fingerprint density at radius 2 is 1.86 bits per heavy atom. The number of rotatable bonds is 2. The maximum Gasteiger partial charge on any atom is 0.393 e. The average molecular weight is 352 g/mol. The van der Waals surface area contributed by atoms with Crippen molar-refractivity contribution < 1.29 is 18.0 Å². The van der Waals surface area contributed by atoms with E-state index < -0.39 is 18.0 Å². The van der Waals surface area contributed by atoms with Crippen LogP contribution in [0.5, 0.6) is 0 Å². The summed E-state index contributed by atoms with van der Waals surface area (Å²) >= 11 is 11.7.